The number of rotatable bonds is 3. The second kappa shape index (κ2) is 7.25. The van der Waals surface area contributed by atoms with Gasteiger partial charge in [-0.15, -0.1) is 0 Å². The number of anilines is 1. The summed E-state index contributed by atoms with van der Waals surface area (Å²) < 4.78 is 1.93. The Labute approximate surface area is 167 Å². The largest absolute Gasteiger partial charge is 0.323 e. The quantitative estimate of drug-likeness (QED) is 0.424. The summed E-state index contributed by atoms with van der Waals surface area (Å²) in [5, 5.41) is 2.69. The highest BCUT2D eigenvalue weighted by Gasteiger charge is 2.34. The molecule has 138 valence electrons. The van der Waals surface area contributed by atoms with E-state index in [0.29, 0.717) is 5.69 Å². The molecular weight excluding hydrogens is 370 g/mol. The molecule has 0 aliphatic carbocycles. The van der Waals surface area contributed by atoms with E-state index in [9.17, 15) is 9.59 Å². The molecule has 1 aliphatic rings. The van der Waals surface area contributed by atoms with E-state index in [2.05, 4.69) is 5.32 Å². The van der Waals surface area contributed by atoms with Crippen LogP contribution in [0, 0.1) is 6.92 Å². The number of benzene rings is 2. The van der Waals surface area contributed by atoms with E-state index in [4.69, 9.17) is 12.2 Å². The Bertz CT molecular complexity index is 1100. The van der Waals surface area contributed by atoms with E-state index in [1.54, 1.807) is 18.2 Å². The van der Waals surface area contributed by atoms with E-state index < -0.39 is 11.8 Å². The van der Waals surface area contributed by atoms with Crippen molar-refractivity contribution in [2.45, 2.75) is 6.92 Å². The zero-order valence-electron chi connectivity index (χ0n) is 15.1. The minimum Gasteiger partial charge on any atom is -0.323 e. The van der Waals surface area contributed by atoms with Crippen LogP contribution in [0.25, 0.3) is 11.8 Å². The topological polar surface area (TPSA) is 54.3 Å². The van der Waals surface area contributed by atoms with Crippen LogP contribution in [0.1, 0.15) is 11.1 Å². The minimum absolute atomic E-state index is 0.0417. The Kier molecular flexibility index (Phi) is 4.63. The summed E-state index contributed by atoms with van der Waals surface area (Å²) in [4.78, 5) is 26.8. The van der Waals surface area contributed by atoms with Crippen molar-refractivity contribution in [2.75, 3.05) is 4.90 Å². The normalized spacial score (nSPS) is 15.8. The molecule has 2 aromatic carbocycles. The molecule has 2 amide bonds. The highest BCUT2D eigenvalue weighted by Crippen LogP contribution is 2.23. The molecule has 5 nitrogen and oxygen atoms in total. The fraction of sp³-hybridized carbons (Fsp3) is 0.0455. The van der Waals surface area contributed by atoms with Crippen molar-refractivity contribution >= 4 is 40.9 Å². The molecule has 6 heteroatoms. The van der Waals surface area contributed by atoms with Gasteiger partial charge in [0, 0.05) is 18.1 Å². The van der Waals surface area contributed by atoms with E-state index in [-0.39, 0.29) is 10.7 Å². The summed E-state index contributed by atoms with van der Waals surface area (Å²) in [7, 11) is 0. The Morgan fingerprint density at radius 1 is 0.929 bits per heavy atom. The van der Waals surface area contributed by atoms with Crippen LogP contribution in [0.5, 0.6) is 0 Å². The van der Waals surface area contributed by atoms with Gasteiger partial charge >= 0.3 is 0 Å². The Balaban J connectivity index is 1.67. The number of nitrogens with zero attached hydrogens (tertiary/aromatic N) is 2. The summed E-state index contributed by atoms with van der Waals surface area (Å²) in [6, 6.07) is 19.1. The third-order valence-electron chi connectivity index (χ3n) is 4.47. The molecular formula is C22H17N3O2S. The molecule has 1 aliphatic heterocycles. The lowest BCUT2D eigenvalue weighted by molar-refractivity contribution is -0.122. The Morgan fingerprint density at radius 3 is 2.36 bits per heavy atom. The van der Waals surface area contributed by atoms with Gasteiger partial charge in [-0.3, -0.25) is 19.8 Å². The maximum atomic E-state index is 13.0. The molecule has 4 rings (SSSR count). The number of carbonyl (C=O) groups excluding carboxylic acids is 2. The molecule has 28 heavy (non-hydrogen) atoms. The number of hydrogen-bond donors (Lipinski definition) is 1. The van der Waals surface area contributed by atoms with Crippen LogP contribution in [0.15, 0.2) is 78.6 Å². The van der Waals surface area contributed by atoms with Gasteiger partial charge in [-0.25, -0.2) is 0 Å². The highest BCUT2D eigenvalue weighted by molar-refractivity contribution is 7.80. The Morgan fingerprint density at radius 2 is 1.64 bits per heavy atom. The van der Waals surface area contributed by atoms with Crippen LogP contribution in [-0.2, 0) is 9.59 Å². The lowest BCUT2D eigenvalue weighted by Crippen LogP contribution is -2.54. The standard InChI is InChI=1S/C22H17N3O2S/c1-15-7-9-18(10-8-15)25-21(27)19(20(26)23-22(25)28)13-16-11-12-24(14-16)17-5-3-2-4-6-17/h2-14H,1H3,(H,23,26,28)/b19-13-. The van der Waals surface area contributed by atoms with Gasteiger partial charge in [0.2, 0.25) is 0 Å². The first-order valence-corrected chi connectivity index (χ1v) is 9.15. The van der Waals surface area contributed by atoms with Crippen LogP contribution in [0.4, 0.5) is 5.69 Å². The van der Waals surface area contributed by atoms with Crippen molar-refractivity contribution in [3.63, 3.8) is 0 Å². The molecule has 3 aromatic rings. The fourth-order valence-electron chi connectivity index (χ4n) is 3.01. The number of nitrogens with one attached hydrogen (secondary N) is 1. The Hall–Kier alpha value is -3.51. The summed E-state index contributed by atoms with van der Waals surface area (Å²) in [5.74, 6) is -0.934. The number of aryl methyl sites for hydroxylation is 1. The highest BCUT2D eigenvalue weighted by atomic mass is 32.1. The van der Waals surface area contributed by atoms with Gasteiger partial charge in [-0.1, -0.05) is 35.9 Å². The van der Waals surface area contributed by atoms with E-state index in [1.807, 2.05) is 72.4 Å². The second-order valence-corrected chi connectivity index (χ2v) is 6.87. The zero-order valence-corrected chi connectivity index (χ0v) is 15.9. The van der Waals surface area contributed by atoms with Crippen LogP contribution in [-0.4, -0.2) is 21.5 Å². The molecule has 1 fully saturated rings. The smallest absolute Gasteiger partial charge is 0.270 e. The maximum Gasteiger partial charge on any atom is 0.270 e. The van der Waals surface area contributed by atoms with Gasteiger partial charge in [0.15, 0.2) is 5.11 Å². The van der Waals surface area contributed by atoms with Crippen molar-refractivity contribution < 1.29 is 9.59 Å². The molecule has 0 saturated carbocycles. The van der Waals surface area contributed by atoms with E-state index in [0.717, 1.165) is 16.8 Å². The van der Waals surface area contributed by atoms with Gasteiger partial charge in [-0.2, -0.15) is 0 Å². The lowest BCUT2D eigenvalue weighted by Gasteiger charge is -2.28. The van der Waals surface area contributed by atoms with E-state index in [1.165, 1.54) is 4.90 Å². The molecule has 0 unspecified atom stereocenters. The van der Waals surface area contributed by atoms with E-state index >= 15 is 0 Å². The number of amides is 2. The summed E-state index contributed by atoms with van der Waals surface area (Å²) in [6.07, 6.45) is 5.33. The zero-order chi connectivity index (χ0) is 19.7. The van der Waals surface area contributed by atoms with Gasteiger partial charge in [0.25, 0.3) is 11.8 Å². The number of thiocarbonyl (C=S) groups is 1. The predicted molar refractivity (Wildman–Crippen MR) is 113 cm³/mol. The van der Waals surface area contributed by atoms with Gasteiger partial charge < -0.3 is 4.57 Å². The molecule has 1 aromatic heterocycles. The van der Waals surface area contributed by atoms with Crippen LogP contribution >= 0.6 is 12.2 Å². The molecule has 1 saturated heterocycles. The third-order valence-corrected chi connectivity index (χ3v) is 4.76. The van der Waals surface area contributed by atoms with Crippen LogP contribution < -0.4 is 10.2 Å². The molecule has 0 spiro atoms. The number of para-hydroxylation sites is 1. The first-order chi connectivity index (χ1) is 13.5. The van der Waals surface area contributed by atoms with Crippen molar-refractivity contribution in [3.05, 3.63) is 89.8 Å². The average molecular weight is 387 g/mol. The third kappa shape index (κ3) is 3.37. The van der Waals surface area contributed by atoms with Crippen molar-refractivity contribution in [3.8, 4) is 5.69 Å². The fourth-order valence-corrected chi connectivity index (χ4v) is 3.29. The molecule has 0 radical (unpaired) electrons. The van der Waals surface area contributed by atoms with Crippen molar-refractivity contribution in [1.82, 2.24) is 9.88 Å². The van der Waals surface area contributed by atoms with Crippen LogP contribution in [0.3, 0.4) is 0 Å². The number of carbonyl (C=O) groups is 2. The number of hydrogen-bond acceptors (Lipinski definition) is 3. The summed E-state index contributed by atoms with van der Waals surface area (Å²) in [5.41, 5.74) is 3.47. The summed E-state index contributed by atoms with van der Waals surface area (Å²) >= 11 is 5.22. The molecule has 0 atom stereocenters. The molecule has 0 bridgehead atoms. The first kappa shape index (κ1) is 17.9. The molecule has 2 heterocycles. The second-order valence-electron chi connectivity index (χ2n) is 6.48. The number of aromatic nitrogens is 1. The first-order valence-electron chi connectivity index (χ1n) is 8.74. The lowest BCUT2D eigenvalue weighted by atomic mass is 10.1. The predicted octanol–water partition coefficient (Wildman–Crippen LogP) is 3.62. The van der Waals surface area contributed by atoms with Gasteiger partial charge in [-0.05, 0) is 61.1 Å². The maximum absolute atomic E-state index is 13.0. The van der Waals surface area contributed by atoms with Crippen molar-refractivity contribution in [2.24, 2.45) is 0 Å². The SMILES string of the molecule is Cc1ccc(N2C(=O)/C(=C\c3ccn(-c4ccccc4)c3)C(=O)NC2=S)cc1. The monoisotopic (exact) mass is 387 g/mol. The van der Waals surface area contributed by atoms with Gasteiger partial charge in [0.1, 0.15) is 5.57 Å². The molecule has 1 N–H and O–H groups in total. The summed E-state index contributed by atoms with van der Waals surface area (Å²) in [6.45, 7) is 1.96. The minimum atomic E-state index is -0.495. The van der Waals surface area contributed by atoms with Crippen molar-refractivity contribution in [1.29, 1.82) is 0 Å². The average Bonchev–Trinajstić information content (AvgIpc) is 3.16. The van der Waals surface area contributed by atoms with Gasteiger partial charge in [0.05, 0.1) is 5.69 Å². The van der Waals surface area contributed by atoms with Crippen LogP contribution in [0.2, 0.25) is 0 Å².